The van der Waals surface area contributed by atoms with E-state index >= 15 is 0 Å². The first kappa shape index (κ1) is 13.0. The molecule has 0 spiro atoms. The zero-order valence-electron chi connectivity index (χ0n) is 10.2. The quantitative estimate of drug-likeness (QED) is 0.870. The normalized spacial score (nSPS) is 10.2. The summed E-state index contributed by atoms with van der Waals surface area (Å²) in [6, 6.07) is 5.99. The molecule has 7 heteroatoms. The lowest BCUT2D eigenvalue weighted by Crippen LogP contribution is -2.24. The number of halogens is 1. The highest BCUT2D eigenvalue weighted by Crippen LogP contribution is 2.11. The van der Waals surface area contributed by atoms with Crippen LogP contribution in [0.3, 0.4) is 0 Å². The molecule has 6 nitrogen and oxygen atoms in total. The van der Waals surface area contributed by atoms with Crippen molar-refractivity contribution in [2.75, 3.05) is 13.7 Å². The number of aromatic nitrogens is 2. The minimum Gasteiger partial charge on any atom is -0.439 e. The SMILES string of the molecule is CNC(=O)COc1nc(Cc2ccc(F)cc2)no1. The fraction of sp³-hybridized carbons (Fsp3) is 0.250. The van der Waals surface area contributed by atoms with Gasteiger partial charge in [0.1, 0.15) is 5.82 Å². The van der Waals surface area contributed by atoms with Gasteiger partial charge in [-0.2, -0.15) is 4.98 Å². The predicted molar refractivity (Wildman–Crippen MR) is 63.1 cm³/mol. The average Bonchev–Trinajstić information content (AvgIpc) is 2.86. The Balaban J connectivity index is 1.93. The summed E-state index contributed by atoms with van der Waals surface area (Å²) in [4.78, 5) is 14.9. The van der Waals surface area contributed by atoms with E-state index in [2.05, 4.69) is 15.5 Å². The van der Waals surface area contributed by atoms with Gasteiger partial charge in [-0.15, -0.1) is 0 Å². The lowest BCUT2D eigenvalue weighted by atomic mass is 10.1. The van der Waals surface area contributed by atoms with Crippen LogP contribution in [-0.2, 0) is 11.2 Å². The zero-order valence-corrected chi connectivity index (χ0v) is 10.2. The van der Waals surface area contributed by atoms with Crippen LogP contribution in [0.15, 0.2) is 28.8 Å². The number of ether oxygens (including phenoxy) is 1. The molecule has 1 aromatic heterocycles. The molecule has 0 aliphatic heterocycles. The molecule has 0 aliphatic rings. The van der Waals surface area contributed by atoms with Gasteiger partial charge in [0, 0.05) is 13.5 Å². The zero-order chi connectivity index (χ0) is 13.7. The van der Waals surface area contributed by atoms with E-state index in [1.54, 1.807) is 12.1 Å². The van der Waals surface area contributed by atoms with E-state index in [1.807, 2.05) is 0 Å². The number of carbonyl (C=O) groups excluding carboxylic acids is 1. The molecule has 2 aromatic rings. The number of nitrogens with zero attached hydrogens (tertiary/aromatic N) is 2. The standard InChI is InChI=1S/C12H12FN3O3/c1-14-11(17)7-18-12-15-10(16-19-12)6-8-2-4-9(13)5-3-8/h2-5H,6-7H2,1H3,(H,14,17). The van der Waals surface area contributed by atoms with Gasteiger partial charge in [0.25, 0.3) is 5.91 Å². The average molecular weight is 265 g/mol. The first-order chi connectivity index (χ1) is 9.17. The van der Waals surface area contributed by atoms with E-state index in [0.29, 0.717) is 12.2 Å². The van der Waals surface area contributed by atoms with Gasteiger partial charge in [-0.25, -0.2) is 4.39 Å². The maximum atomic E-state index is 12.7. The topological polar surface area (TPSA) is 77.2 Å². The summed E-state index contributed by atoms with van der Waals surface area (Å²) in [5.41, 5.74) is 0.847. The van der Waals surface area contributed by atoms with Crippen LogP contribution in [0.4, 0.5) is 4.39 Å². The van der Waals surface area contributed by atoms with Crippen molar-refractivity contribution in [3.05, 3.63) is 41.5 Å². The Morgan fingerprint density at radius 2 is 2.16 bits per heavy atom. The maximum absolute atomic E-state index is 12.7. The van der Waals surface area contributed by atoms with Gasteiger partial charge in [-0.1, -0.05) is 17.3 Å². The number of hydrogen-bond donors (Lipinski definition) is 1. The second kappa shape index (κ2) is 5.94. The highest BCUT2D eigenvalue weighted by molar-refractivity contribution is 5.76. The van der Waals surface area contributed by atoms with Gasteiger partial charge in [-0.3, -0.25) is 9.32 Å². The molecule has 1 N–H and O–H groups in total. The van der Waals surface area contributed by atoms with Crippen LogP contribution in [0.5, 0.6) is 6.08 Å². The third-order valence-electron chi connectivity index (χ3n) is 2.33. The number of likely N-dealkylation sites (N-methyl/N-ethyl adjacent to an activating group) is 1. The summed E-state index contributed by atoms with van der Waals surface area (Å²) in [5, 5.41) is 6.10. The largest absolute Gasteiger partial charge is 0.439 e. The van der Waals surface area contributed by atoms with Crippen molar-refractivity contribution in [3.8, 4) is 6.08 Å². The summed E-state index contributed by atoms with van der Waals surface area (Å²) >= 11 is 0. The Morgan fingerprint density at radius 3 is 2.84 bits per heavy atom. The van der Waals surface area contributed by atoms with Crippen LogP contribution in [0, 0.1) is 5.82 Å². The highest BCUT2D eigenvalue weighted by atomic mass is 19.1. The fourth-order valence-corrected chi connectivity index (χ4v) is 1.35. The Morgan fingerprint density at radius 1 is 1.42 bits per heavy atom. The Bertz CT molecular complexity index is 554. The van der Waals surface area contributed by atoms with Crippen molar-refractivity contribution in [2.24, 2.45) is 0 Å². The number of nitrogens with one attached hydrogen (secondary N) is 1. The van der Waals surface area contributed by atoms with Crippen LogP contribution in [0.25, 0.3) is 0 Å². The lowest BCUT2D eigenvalue weighted by molar-refractivity contribution is -0.123. The van der Waals surface area contributed by atoms with Crippen molar-refractivity contribution in [1.82, 2.24) is 15.5 Å². The summed E-state index contributed by atoms with van der Waals surface area (Å²) in [7, 11) is 1.50. The lowest BCUT2D eigenvalue weighted by Gasteiger charge is -1.97. The molecule has 0 bridgehead atoms. The first-order valence-corrected chi connectivity index (χ1v) is 5.58. The summed E-state index contributed by atoms with van der Waals surface area (Å²) in [6.45, 7) is -0.186. The van der Waals surface area contributed by atoms with E-state index in [-0.39, 0.29) is 24.4 Å². The van der Waals surface area contributed by atoms with Gasteiger partial charge in [0.2, 0.25) is 0 Å². The van der Waals surface area contributed by atoms with Crippen molar-refractivity contribution >= 4 is 5.91 Å². The fourth-order valence-electron chi connectivity index (χ4n) is 1.35. The number of carbonyl (C=O) groups is 1. The molecule has 1 heterocycles. The van der Waals surface area contributed by atoms with Crippen molar-refractivity contribution in [1.29, 1.82) is 0 Å². The van der Waals surface area contributed by atoms with Crippen LogP contribution >= 0.6 is 0 Å². The molecule has 0 fully saturated rings. The molecule has 0 atom stereocenters. The van der Waals surface area contributed by atoms with E-state index in [4.69, 9.17) is 9.26 Å². The van der Waals surface area contributed by atoms with E-state index in [0.717, 1.165) is 5.56 Å². The van der Waals surface area contributed by atoms with Crippen LogP contribution in [0.2, 0.25) is 0 Å². The number of amides is 1. The monoisotopic (exact) mass is 265 g/mol. The Labute approximate surface area is 108 Å². The molecule has 100 valence electrons. The van der Waals surface area contributed by atoms with Gasteiger partial charge in [0.15, 0.2) is 12.4 Å². The minimum atomic E-state index is -0.300. The predicted octanol–water partition coefficient (Wildman–Crippen LogP) is 0.924. The van der Waals surface area contributed by atoms with Gasteiger partial charge < -0.3 is 10.1 Å². The van der Waals surface area contributed by atoms with Crippen molar-refractivity contribution in [3.63, 3.8) is 0 Å². The van der Waals surface area contributed by atoms with E-state index in [1.165, 1.54) is 19.2 Å². The number of rotatable bonds is 5. The van der Waals surface area contributed by atoms with Crippen molar-refractivity contribution in [2.45, 2.75) is 6.42 Å². The van der Waals surface area contributed by atoms with Crippen molar-refractivity contribution < 1.29 is 18.4 Å². The smallest absolute Gasteiger partial charge is 0.417 e. The molecular formula is C12H12FN3O3. The molecular weight excluding hydrogens is 253 g/mol. The highest BCUT2D eigenvalue weighted by Gasteiger charge is 2.09. The first-order valence-electron chi connectivity index (χ1n) is 5.58. The molecule has 19 heavy (non-hydrogen) atoms. The van der Waals surface area contributed by atoms with Crippen LogP contribution in [-0.4, -0.2) is 29.7 Å². The molecule has 1 amide bonds. The van der Waals surface area contributed by atoms with Crippen LogP contribution in [0.1, 0.15) is 11.4 Å². The summed E-state index contributed by atoms with van der Waals surface area (Å²) in [5.74, 6) is -0.191. The number of hydrogen-bond acceptors (Lipinski definition) is 5. The summed E-state index contributed by atoms with van der Waals surface area (Å²) in [6.07, 6.45) is 0.327. The Kier molecular flexibility index (Phi) is 4.07. The molecule has 0 radical (unpaired) electrons. The molecule has 0 saturated heterocycles. The molecule has 2 rings (SSSR count). The van der Waals surface area contributed by atoms with E-state index in [9.17, 15) is 9.18 Å². The third kappa shape index (κ3) is 3.77. The summed E-state index contributed by atoms with van der Waals surface area (Å²) < 4.78 is 22.5. The number of benzene rings is 1. The Hall–Kier alpha value is -2.44. The van der Waals surface area contributed by atoms with Gasteiger partial charge in [0.05, 0.1) is 0 Å². The molecule has 1 aromatic carbocycles. The second-order valence-corrected chi connectivity index (χ2v) is 3.74. The maximum Gasteiger partial charge on any atom is 0.417 e. The minimum absolute atomic E-state index is 0.0688. The molecule has 0 saturated carbocycles. The second-order valence-electron chi connectivity index (χ2n) is 3.74. The van der Waals surface area contributed by atoms with Crippen LogP contribution < -0.4 is 10.1 Å². The molecule has 0 aliphatic carbocycles. The van der Waals surface area contributed by atoms with Gasteiger partial charge >= 0.3 is 6.08 Å². The van der Waals surface area contributed by atoms with Gasteiger partial charge in [-0.05, 0) is 17.7 Å². The van der Waals surface area contributed by atoms with E-state index < -0.39 is 0 Å². The molecule has 0 unspecified atom stereocenters. The third-order valence-corrected chi connectivity index (χ3v) is 2.33.